The lowest BCUT2D eigenvalue weighted by atomic mass is 10.1. The van der Waals surface area contributed by atoms with E-state index in [-0.39, 0.29) is 11.8 Å². The molecule has 0 aromatic heterocycles. The number of hydrogen-bond acceptors (Lipinski definition) is 5. The van der Waals surface area contributed by atoms with Crippen LogP contribution in [0.25, 0.3) is 0 Å². The average molecular weight is 292 g/mol. The first kappa shape index (κ1) is 15.1. The third-order valence-electron chi connectivity index (χ3n) is 3.50. The standard InChI is InChI=1S/C14H20N4O3/c1-16-13(19)9-3-4-11(10(15)7-9)18-5-6-21-8-12(18)14(20)17-2/h3-4,7,12H,5-6,8,15H2,1-2H3,(H,16,19)(H,17,20). The number of likely N-dealkylation sites (N-methyl/N-ethyl adjacent to an activating group) is 1. The summed E-state index contributed by atoms with van der Waals surface area (Å²) in [4.78, 5) is 25.5. The number of nitrogen functional groups attached to an aromatic ring is 1. The highest BCUT2D eigenvalue weighted by Crippen LogP contribution is 2.27. The van der Waals surface area contributed by atoms with E-state index in [1.54, 1.807) is 32.3 Å². The number of carbonyl (C=O) groups is 2. The van der Waals surface area contributed by atoms with Crippen molar-refractivity contribution >= 4 is 23.2 Å². The number of rotatable bonds is 3. The first-order valence-corrected chi connectivity index (χ1v) is 6.76. The van der Waals surface area contributed by atoms with Gasteiger partial charge >= 0.3 is 0 Å². The fourth-order valence-corrected chi connectivity index (χ4v) is 2.38. The van der Waals surface area contributed by atoms with Gasteiger partial charge in [-0.15, -0.1) is 0 Å². The van der Waals surface area contributed by atoms with Crippen molar-refractivity contribution in [3.05, 3.63) is 23.8 Å². The van der Waals surface area contributed by atoms with Gasteiger partial charge in [0.1, 0.15) is 6.04 Å². The molecule has 2 amide bonds. The summed E-state index contributed by atoms with van der Waals surface area (Å²) >= 11 is 0. The van der Waals surface area contributed by atoms with Crippen LogP contribution >= 0.6 is 0 Å². The summed E-state index contributed by atoms with van der Waals surface area (Å²) in [7, 11) is 3.16. The monoisotopic (exact) mass is 292 g/mol. The van der Waals surface area contributed by atoms with Crippen molar-refractivity contribution in [2.24, 2.45) is 0 Å². The van der Waals surface area contributed by atoms with E-state index in [0.717, 1.165) is 5.69 Å². The van der Waals surface area contributed by atoms with Gasteiger partial charge in [0.25, 0.3) is 5.91 Å². The highest BCUT2D eigenvalue weighted by Gasteiger charge is 2.30. The molecule has 1 aromatic rings. The Morgan fingerprint density at radius 2 is 2.10 bits per heavy atom. The summed E-state index contributed by atoms with van der Waals surface area (Å²) in [5.41, 5.74) is 7.74. The highest BCUT2D eigenvalue weighted by atomic mass is 16.5. The smallest absolute Gasteiger partial charge is 0.251 e. The van der Waals surface area contributed by atoms with Crippen LogP contribution in [0.15, 0.2) is 18.2 Å². The maximum absolute atomic E-state index is 11.9. The number of nitrogens with two attached hydrogens (primary N) is 1. The number of nitrogens with zero attached hydrogens (tertiary/aromatic N) is 1. The normalized spacial score (nSPS) is 18.2. The van der Waals surface area contributed by atoms with E-state index in [1.165, 1.54) is 0 Å². The highest BCUT2D eigenvalue weighted by molar-refractivity contribution is 5.96. The molecular formula is C14H20N4O3. The topological polar surface area (TPSA) is 96.7 Å². The maximum atomic E-state index is 11.9. The van der Waals surface area contributed by atoms with Crippen LogP contribution < -0.4 is 21.3 Å². The summed E-state index contributed by atoms with van der Waals surface area (Å²) in [5.74, 6) is -0.317. The third-order valence-corrected chi connectivity index (χ3v) is 3.50. The van der Waals surface area contributed by atoms with Gasteiger partial charge in [-0.3, -0.25) is 9.59 Å². The number of amides is 2. The van der Waals surface area contributed by atoms with E-state index in [4.69, 9.17) is 10.5 Å². The molecule has 1 saturated heterocycles. The fourth-order valence-electron chi connectivity index (χ4n) is 2.38. The fraction of sp³-hybridized carbons (Fsp3) is 0.429. The number of ether oxygens (including phenoxy) is 1. The first-order chi connectivity index (χ1) is 10.1. The second-order valence-electron chi connectivity index (χ2n) is 4.75. The predicted octanol–water partition coefficient (Wildman–Crippen LogP) is -0.420. The lowest BCUT2D eigenvalue weighted by molar-refractivity contribution is -0.124. The van der Waals surface area contributed by atoms with Crippen molar-refractivity contribution < 1.29 is 14.3 Å². The molecule has 7 nitrogen and oxygen atoms in total. The minimum atomic E-state index is -0.420. The quantitative estimate of drug-likeness (QED) is 0.658. The zero-order valence-electron chi connectivity index (χ0n) is 12.2. The molecule has 4 N–H and O–H groups in total. The molecule has 114 valence electrons. The van der Waals surface area contributed by atoms with Crippen LogP contribution in [0.4, 0.5) is 11.4 Å². The van der Waals surface area contributed by atoms with E-state index < -0.39 is 6.04 Å². The zero-order chi connectivity index (χ0) is 15.4. The van der Waals surface area contributed by atoms with Gasteiger partial charge in [0.2, 0.25) is 5.91 Å². The summed E-state index contributed by atoms with van der Waals surface area (Å²) < 4.78 is 5.37. The summed E-state index contributed by atoms with van der Waals surface area (Å²) in [6.07, 6.45) is 0. The molecule has 1 fully saturated rings. The number of nitrogens with one attached hydrogen (secondary N) is 2. The molecule has 21 heavy (non-hydrogen) atoms. The minimum absolute atomic E-state index is 0.121. The number of hydrogen-bond donors (Lipinski definition) is 3. The van der Waals surface area contributed by atoms with E-state index >= 15 is 0 Å². The van der Waals surface area contributed by atoms with Crippen LogP contribution in [0.2, 0.25) is 0 Å². The van der Waals surface area contributed by atoms with Crippen LogP contribution in [0.1, 0.15) is 10.4 Å². The van der Waals surface area contributed by atoms with Crippen LogP contribution in [0.5, 0.6) is 0 Å². The van der Waals surface area contributed by atoms with Gasteiger partial charge < -0.3 is 26.0 Å². The van der Waals surface area contributed by atoms with Gasteiger partial charge in [-0.1, -0.05) is 0 Å². The molecule has 2 rings (SSSR count). The van der Waals surface area contributed by atoms with E-state index in [9.17, 15) is 9.59 Å². The predicted molar refractivity (Wildman–Crippen MR) is 80.3 cm³/mol. The van der Waals surface area contributed by atoms with Crippen molar-refractivity contribution in [3.8, 4) is 0 Å². The lowest BCUT2D eigenvalue weighted by Crippen LogP contribution is -2.53. The summed E-state index contributed by atoms with van der Waals surface area (Å²) in [6, 6.07) is 4.66. The van der Waals surface area contributed by atoms with Crippen LogP contribution in [-0.4, -0.2) is 51.7 Å². The zero-order valence-corrected chi connectivity index (χ0v) is 12.2. The summed E-state index contributed by atoms with van der Waals surface area (Å²) in [6.45, 7) is 1.42. The number of morpholine rings is 1. The van der Waals surface area contributed by atoms with Gasteiger partial charge in [0, 0.05) is 26.2 Å². The number of anilines is 2. The van der Waals surface area contributed by atoms with E-state index in [2.05, 4.69) is 10.6 Å². The molecule has 0 saturated carbocycles. The Labute approximate surface area is 123 Å². The van der Waals surface area contributed by atoms with Gasteiger partial charge in [-0.2, -0.15) is 0 Å². The third kappa shape index (κ3) is 3.08. The van der Waals surface area contributed by atoms with Crippen molar-refractivity contribution in [2.45, 2.75) is 6.04 Å². The number of benzene rings is 1. The second-order valence-corrected chi connectivity index (χ2v) is 4.75. The van der Waals surface area contributed by atoms with Gasteiger partial charge in [-0.05, 0) is 18.2 Å². The Morgan fingerprint density at radius 3 is 2.71 bits per heavy atom. The largest absolute Gasteiger partial charge is 0.397 e. The van der Waals surface area contributed by atoms with Crippen molar-refractivity contribution in [1.29, 1.82) is 0 Å². The summed E-state index contributed by atoms with van der Waals surface area (Å²) in [5, 5.41) is 5.18. The molecule has 0 radical (unpaired) electrons. The molecule has 1 aliphatic heterocycles. The molecular weight excluding hydrogens is 272 g/mol. The molecule has 0 spiro atoms. The van der Waals surface area contributed by atoms with Gasteiger partial charge in [0.15, 0.2) is 0 Å². The SMILES string of the molecule is CNC(=O)c1ccc(N2CCOCC2C(=O)NC)c(N)c1. The van der Waals surface area contributed by atoms with Crippen molar-refractivity contribution in [1.82, 2.24) is 10.6 Å². The van der Waals surface area contributed by atoms with Crippen molar-refractivity contribution in [2.75, 3.05) is 44.5 Å². The molecule has 1 heterocycles. The Balaban J connectivity index is 2.31. The second kappa shape index (κ2) is 6.45. The lowest BCUT2D eigenvalue weighted by Gasteiger charge is -2.36. The molecule has 0 aliphatic carbocycles. The minimum Gasteiger partial charge on any atom is -0.397 e. The Kier molecular flexibility index (Phi) is 4.64. The Morgan fingerprint density at radius 1 is 1.33 bits per heavy atom. The number of carbonyl (C=O) groups excluding carboxylic acids is 2. The Hall–Kier alpha value is -2.28. The van der Waals surface area contributed by atoms with Crippen LogP contribution in [-0.2, 0) is 9.53 Å². The first-order valence-electron chi connectivity index (χ1n) is 6.76. The molecule has 0 bridgehead atoms. The van der Waals surface area contributed by atoms with E-state index in [0.29, 0.717) is 31.0 Å². The van der Waals surface area contributed by atoms with Crippen molar-refractivity contribution in [3.63, 3.8) is 0 Å². The van der Waals surface area contributed by atoms with E-state index in [1.807, 2.05) is 4.90 Å². The Bertz CT molecular complexity index is 547. The van der Waals surface area contributed by atoms with Gasteiger partial charge in [0.05, 0.1) is 24.6 Å². The molecule has 1 aliphatic rings. The van der Waals surface area contributed by atoms with Crippen LogP contribution in [0.3, 0.4) is 0 Å². The molecule has 1 aromatic carbocycles. The van der Waals surface area contributed by atoms with Crippen LogP contribution in [0, 0.1) is 0 Å². The van der Waals surface area contributed by atoms with Gasteiger partial charge in [-0.25, -0.2) is 0 Å². The molecule has 1 unspecified atom stereocenters. The maximum Gasteiger partial charge on any atom is 0.251 e. The average Bonchev–Trinajstić information content (AvgIpc) is 2.53. The molecule has 7 heteroatoms. The molecule has 1 atom stereocenters.